The molecule has 0 radical (unpaired) electrons. The molecule has 2 rings (SSSR count). The Hall–Kier alpha value is -1.55. The average Bonchev–Trinajstić information content (AvgIpc) is 2.44. The van der Waals surface area contributed by atoms with E-state index in [1.165, 1.54) is 0 Å². The molecular formula is C16H21ClN2O2. The quantitative estimate of drug-likeness (QED) is 0.933. The van der Waals surface area contributed by atoms with E-state index < -0.39 is 11.6 Å². The minimum Gasteiger partial charge on any atom is -0.340 e. The second kappa shape index (κ2) is 5.68. The molecule has 1 N–H and O–H groups in total. The van der Waals surface area contributed by atoms with Crippen molar-refractivity contribution in [3.8, 4) is 0 Å². The van der Waals surface area contributed by atoms with Crippen molar-refractivity contribution in [1.29, 1.82) is 0 Å². The maximum absolute atomic E-state index is 13.0. The Labute approximate surface area is 130 Å². The summed E-state index contributed by atoms with van der Waals surface area (Å²) in [7, 11) is 0. The molecule has 1 saturated heterocycles. The van der Waals surface area contributed by atoms with Gasteiger partial charge in [0, 0.05) is 0 Å². The summed E-state index contributed by atoms with van der Waals surface area (Å²) in [5.74, 6) is -0.228. The smallest absolute Gasteiger partial charge is 0.253 e. The van der Waals surface area contributed by atoms with E-state index in [-0.39, 0.29) is 11.8 Å². The molecule has 0 spiro atoms. The van der Waals surface area contributed by atoms with Crippen LogP contribution in [0.25, 0.3) is 0 Å². The van der Waals surface area contributed by atoms with Gasteiger partial charge in [-0.05, 0) is 38.3 Å². The van der Waals surface area contributed by atoms with Crippen LogP contribution in [0.15, 0.2) is 18.2 Å². The van der Waals surface area contributed by atoms with Gasteiger partial charge in [0.05, 0.1) is 10.7 Å². The lowest BCUT2D eigenvalue weighted by Gasteiger charge is -2.44. The predicted molar refractivity (Wildman–Crippen MR) is 84.6 cm³/mol. The van der Waals surface area contributed by atoms with E-state index >= 15 is 0 Å². The van der Waals surface area contributed by atoms with E-state index in [0.717, 1.165) is 5.56 Å². The van der Waals surface area contributed by atoms with Crippen LogP contribution in [0.5, 0.6) is 0 Å². The Morgan fingerprint density at radius 1 is 1.33 bits per heavy atom. The van der Waals surface area contributed by atoms with Crippen LogP contribution < -0.4 is 10.2 Å². The number of carbonyl (C=O) groups is 2. The highest BCUT2D eigenvalue weighted by Crippen LogP contribution is 2.35. The van der Waals surface area contributed by atoms with Crippen LogP contribution in [-0.4, -0.2) is 23.4 Å². The number of anilines is 1. The van der Waals surface area contributed by atoms with Crippen molar-refractivity contribution in [3.05, 3.63) is 28.8 Å². The van der Waals surface area contributed by atoms with Crippen molar-refractivity contribution in [1.82, 2.24) is 5.32 Å². The van der Waals surface area contributed by atoms with E-state index in [2.05, 4.69) is 5.32 Å². The van der Waals surface area contributed by atoms with E-state index in [4.69, 9.17) is 11.6 Å². The number of carbonyl (C=O) groups excluding carboxylic acids is 2. The van der Waals surface area contributed by atoms with E-state index in [9.17, 15) is 9.59 Å². The largest absolute Gasteiger partial charge is 0.340 e. The Bertz CT molecular complexity index is 567. The second-order valence-electron chi connectivity index (χ2n) is 5.68. The number of hydrogen-bond donors (Lipinski definition) is 1. The van der Waals surface area contributed by atoms with Gasteiger partial charge in [-0.25, -0.2) is 0 Å². The van der Waals surface area contributed by atoms with Crippen molar-refractivity contribution in [3.63, 3.8) is 0 Å². The Morgan fingerprint density at radius 2 is 2.00 bits per heavy atom. The zero-order valence-corrected chi connectivity index (χ0v) is 13.6. The third-order valence-electron chi connectivity index (χ3n) is 4.23. The summed E-state index contributed by atoms with van der Waals surface area (Å²) in [6, 6.07) is 4.97. The molecule has 1 aromatic rings. The number of nitrogens with zero attached hydrogens (tertiary/aromatic N) is 1. The average molecular weight is 309 g/mol. The normalized spacial score (nSPS) is 26.0. The topological polar surface area (TPSA) is 49.4 Å². The Kier molecular flexibility index (Phi) is 4.28. The highest BCUT2D eigenvalue weighted by Gasteiger charge is 2.47. The molecule has 4 nitrogen and oxygen atoms in total. The molecule has 0 bridgehead atoms. The molecule has 0 aliphatic carbocycles. The lowest BCUT2D eigenvalue weighted by molar-refractivity contribution is -0.138. The molecule has 1 aliphatic heterocycles. The van der Waals surface area contributed by atoms with Crippen molar-refractivity contribution in [2.45, 2.75) is 52.1 Å². The van der Waals surface area contributed by atoms with Crippen LogP contribution >= 0.6 is 11.6 Å². The number of aryl methyl sites for hydroxylation is 1. The first-order valence-corrected chi connectivity index (χ1v) is 7.64. The molecule has 0 aromatic heterocycles. The number of piperazine rings is 1. The number of para-hydroxylation sites is 1. The maximum Gasteiger partial charge on any atom is 0.253 e. The van der Waals surface area contributed by atoms with Gasteiger partial charge in [-0.15, -0.1) is 0 Å². The van der Waals surface area contributed by atoms with E-state index in [0.29, 0.717) is 23.6 Å². The van der Waals surface area contributed by atoms with Crippen molar-refractivity contribution >= 4 is 29.1 Å². The molecule has 1 aliphatic rings. The van der Waals surface area contributed by atoms with Crippen LogP contribution in [0.3, 0.4) is 0 Å². The van der Waals surface area contributed by atoms with E-state index in [1.807, 2.05) is 32.9 Å². The second-order valence-corrected chi connectivity index (χ2v) is 6.09. The molecular weight excluding hydrogens is 288 g/mol. The Balaban J connectivity index is 2.61. The minimum absolute atomic E-state index is 0.104. The molecule has 2 unspecified atom stereocenters. The summed E-state index contributed by atoms with van der Waals surface area (Å²) in [6.07, 6.45) is 1.08. The fourth-order valence-corrected chi connectivity index (χ4v) is 3.04. The first kappa shape index (κ1) is 15.8. The number of amides is 2. The van der Waals surface area contributed by atoms with Gasteiger partial charge in [-0.2, -0.15) is 0 Å². The third kappa shape index (κ3) is 2.53. The summed E-state index contributed by atoms with van der Waals surface area (Å²) in [5, 5.41) is 3.35. The molecule has 5 heteroatoms. The summed E-state index contributed by atoms with van der Waals surface area (Å²) >= 11 is 6.31. The van der Waals surface area contributed by atoms with Crippen LogP contribution in [0.1, 0.15) is 39.2 Å². The molecule has 0 saturated carbocycles. The van der Waals surface area contributed by atoms with Gasteiger partial charge in [0.1, 0.15) is 11.6 Å². The predicted octanol–water partition coefficient (Wildman–Crippen LogP) is 3.06. The standard InChI is InChI=1S/C16H21ClN2O2/c1-5-12-14(20)18-16(4,6-2)15(21)19(12)13-10(3)8-7-9-11(13)17/h7-9,12H,5-6H2,1-4H3,(H,18,20). The molecule has 1 heterocycles. The summed E-state index contributed by atoms with van der Waals surface area (Å²) in [4.78, 5) is 26.9. The number of hydrogen-bond acceptors (Lipinski definition) is 2. The monoisotopic (exact) mass is 308 g/mol. The highest BCUT2D eigenvalue weighted by molar-refractivity contribution is 6.34. The Morgan fingerprint density at radius 3 is 2.52 bits per heavy atom. The first-order valence-electron chi connectivity index (χ1n) is 7.26. The first-order chi connectivity index (χ1) is 9.85. The SMILES string of the molecule is CCC1C(=O)NC(C)(CC)C(=O)N1c1c(C)cccc1Cl. The van der Waals surface area contributed by atoms with Crippen LogP contribution in [0, 0.1) is 6.92 Å². The molecule has 1 fully saturated rings. The van der Waals surface area contributed by atoms with Gasteiger partial charge in [0.15, 0.2) is 0 Å². The van der Waals surface area contributed by atoms with Crippen LogP contribution in [0.4, 0.5) is 5.69 Å². The molecule has 21 heavy (non-hydrogen) atoms. The number of nitrogens with one attached hydrogen (secondary N) is 1. The fraction of sp³-hybridized carbons (Fsp3) is 0.500. The molecule has 114 valence electrons. The van der Waals surface area contributed by atoms with Crippen molar-refractivity contribution in [2.75, 3.05) is 4.90 Å². The summed E-state index contributed by atoms with van der Waals surface area (Å²) in [5.41, 5.74) is 0.655. The number of rotatable bonds is 3. The van der Waals surface area contributed by atoms with E-state index in [1.54, 1.807) is 17.9 Å². The van der Waals surface area contributed by atoms with Crippen LogP contribution in [-0.2, 0) is 9.59 Å². The summed E-state index contributed by atoms with van der Waals surface area (Å²) in [6.45, 7) is 7.45. The molecule has 2 amide bonds. The fourth-order valence-electron chi connectivity index (χ4n) is 2.73. The maximum atomic E-state index is 13.0. The van der Waals surface area contributed by atoms with Gasteiger partial charge in [-0.3, -0.25) is 14.5 Å². The van der Waals surface area contributed by atoms with Gasteiger partial charge in [-0.1, -0.05) is 37.6 Å². The van der Waals surface area contributed by atoms with Gasteiger partial charge >= 0.3 is 0 Å². The van der Waals surface area contributed by atoms with Gasteiger partial charge in [0.25, 0.3) is 5.91 Å². The van der Waals surface area contributed by atoms with Gasteiger partial charge in [0.2, 0.25) is 5.91 Å². The van der Waals surface area contributed by atoms with Gasteiger partial charge < -0.3 is 5.32 Å². The van der Waals surface area contributed by atoms with Crippen LogP contribution in [0.2, 0.25) is 5.02 Å². The number of halogens is 1. The van der Waals surface area contributed by atoms with Crippen molar-refractivity contribution < 1.29 is 9.59 Å². The molecule has 1 aromatic carbocycles. The summed E-state index contributed by atoms with van der Waals surface area (Å²) < 4.78 is 0. The minimum atomic E-state index is -0.881. The third-order valence-corrected chi connectivity index (χ3v) is 4.53. The lowest BCUT2D eigenvalue weighted by Crippen LogP contribution is -2.69. The van der Waals surface area contributed by atoms with Crippen molar-refractivity contribution in [2.24, 2.45) is 0 Å². The zero-order chi connectivity index (χ0) is 15.8. The zero-order valence-electron chi connectivity index (χ0n) is 12.9. The number of benzene rings is 1. The molecule has 2 atom stereocenters. The lowest BCUT2D eigenvalue weighted by atomic mass is 9.90. The highest BCUT2D eigenvalue weighted by atomic mass is 35.5.